The highest BCUT2D eigenvalue weighted by Crippen LogP contribution is 2.25. The molecule has 0 aliphatic carbocycles. The van der Waals surface area contributed by atoms with Gasteiger partial charge in [-0.2, -0.15) is 0 Å². The smallest absolute Gasteiger partial charge is 0.336 e. The lowest BCUT2D eigenvalue weighted by atomic mass is 10.0. The van der Waals surface area contributed by atoms with Crippen LogP contribution in [0.3, 0.4) is 0 Å². The number of aliphatic carboxylic acids is 1. The number of carbonyl (C=O) groups is 1. The third-order valence-corrected chi connectivity index (χ3v) is 3.87. The summed E-state index contributed by atoms with van der Waals surface area (Å²) in [5, 5.41) is 9.53. The monoisotopic (exact) mass is 364 g/mol. The molecule has 0 heterocycles. The van der Waals surface area contributed by atoms with Crippen LogP contribution in [-0.4, -0.2) is 18.2 Å². The van der Waals surface area contributed by atoms with Gasteiger partial charge in [0.2, 0.25) is 0 Å². The van der Waals surface area contributed by atoms with Crippen LogP contribution in [-0.2, 0) is 4.79 Å². The van der Waals surface area contributed by atoms with Crippen molar-refractivity contribution in [3.8, 4) is 17.2 Å². The second-order valence-electron chi connectivity index (χ2n) is 5.72. The summed E-state index contributed by atoms with van der Waals surface area (Å²) in [6, 6.07) is 19.5. The van der Waals surface area contributed by atoms with Gasteiger partial charge in [-0.3, -0.25) is 0 Å². The predicted molar refractivity (Wildman–Crippen MR) is 101 cm³/mol. The lowest BCUT2D eigenvalue weighted by Crippen LogP contribution is -1.99. The molecule has 0 saturated carbocycles. The Morgan fingerprint density at radius 3 is 1.89 bits per heavy atom. The molecule has 0 radical (unpaired) electrons. The molecule has 136 valence electrons. The minimum absolute atomic E-state index is 0.171. The second-order valence-corrected chi connectivity index (χ2v) is 5.72. The molecule has 5 heteroatoms. The fourth-order valence-electron chi connectivity index (χ4n) is 2.48. The van der Waals surface area contributed by atoms with Crippen molar-refractivity contribution in [3.05, 3.63) is 89.7 Å². The van der Waals surface area contributed by atoms with E-state index in [4.69, 9.17) is 9.47 Å². The van der Waals surface area contributed by atoms with Gasteiger partial charge in [0.25, 0.3) is 0 Å². The van der Waals surface area contributed by atoms with Crippen LogP contribution in [0.15, 0.2) is 72.8 Å². The van der Waals surface area contributed by atoms with Gasteiger partial charge in [-0.25, -0.2) is 9.18 Å². The zero-order valence-electron chi connectivity index (χ0n) is 14.6. The van der Waals surface area contributed by atoms with Crippen LogP contribution in [0, 0.1) is 5.82 Å². The molecule has 0 aromatic heterocycles. The maximum atomic E-state index is 12.9. The average molecular weight is 364 g/mol. The Morgan fingerprint density at radius 2 is 1.37 bits per heavy atom. The summed E-state index contributed by atoms with van der Waals surface area (Å²) in [5.74, 6) is 0.393. The van der Waals surface area contributed by atoms with E-state index in [1.807, 2.05) is 0 Å². The fraction of sp³-hybridized carbons (Fsp3) is 0.0455. The Labute approximate surface area is 156 Å². The van der Waals surface area contributed by atoms with Gasteiger partial charge >= 0.3 is 5.97 Å². The lowest BCUT2D eigenvalue weighted by molar-refractivity contribution is -0.130. The molecule has 0 aliphatic heterocycles. The van der Waals surface area contributed by atoms with Gasteiger partial charge in [0, 0.05) is 0 Å². The van der Waals surface area contributed by atoms with Gasteiger partial charge in [0.15, 0.2) is 0 Å². The number of carboxylic acid groups (broad SMARTS) is 1. The van der Waals surface area contributed by atoms with Crippen molar-refractivity contribution in [2.45, 2.75) is 0 Å². The molecular formula is C22H17FO4. The topological polar surface area (TPSA) is 55.8 Å². The highest BCUT2D eigenvalue weighted by molar-refractivity contribution is 6.20. The molecule has 0 aliphatic rings. The normalized spacial score (nSPS) is 11.1. The summed E-state index contributed by atoms with van der Waals surface area (Å²) >= 11 is 0. The molecule has 0 saturated heterocycles. The molecule has 0 atom stereocenters. The van der Waals surface area contributed by atoms with E-state index in [2.05, 4.69) is 0 Å². The largest absolute Gasteiger partial charge is 0.497 e. The van der Waals surface area contributed by atoms with Crippen molar-refractivity contribution in [2.75, 3.05) is 7.11 Å². The lowest BCUT2D eigenvalue weighted by Gasteiger charge is -2.07. The highest BCUT2D eigenvalue weighted by atomic mass is 19.1. The Kier molecular flexibility index (Phi) is 5.52. The first kappa shape index (κ1) is 18.2. The van der Waals surface area contributed by atoms with Gasteiger partial charge in [-0.05, 0) is 65.7 Å². The van der Waals surface area contributed by atoms with E-state index in [9.17, 15) is 14.3 Å². The third kappa shape index (κ3) is 4.73. The van der Waals surface area contributed by atoms with Gasteiger partial charge in [0.05, 0.1) is 12.7 Å². The average Bonchev–Trinajstić information content (AvgIpc) is 2.69. The summed E-state index contributed by atoms with van der Waals surface area (Å²) in [7, 11) is 1.55. The van der Waals surface area contributed by atoms with E-state index in [0.29, 0.717) is 22.8 Å². The maximum absolute atomic E-state index is 12.9. The van der Waals surface area contributed by atoms with Crippen molar-refractivity contribution in [2.24, 2.45) is 0 Å². The predicted octanol–water partition coefficient (Wildman–Crippen LogP) is 5.25. The van der Waals surface area contributed by atoms with Crippen LogP contribution in [0.1, 0.15) is 11.1 Å². The number of halogens is 1. The first-order valence-corrected chi connectivity index (χ1v) is 8.18. The van der Waals surface area contributed by atoms with Crippen LogP contribution >= 0.6 is 0 Å². The quantitative estimate of drug-likeness (QED) is 0.479. The molecule has 3 aromatic rings. The van der Waals surface area contributed by atoms with Crippen molar-refractivity contribution in [1.82, 2.24) is 0 Å². The van der Waals surface area contributed by atoms with Crippen molar-refractivity contribution in [1.29, 1.82) is 0 Å². The summed E-state index contributed by atoms with van der Waals surface area (Å²) in [5.41, 5.74) is 1.47. The second kappa shape index (κ2) is 8.19. The molecule has 1 N–H and O–H groups in total. The minimum Gasteiger partial charge on any atom is -0.497 e. The molecule has 0 spiro atoms. The number of methoxy groups -OCH3 is 1. The van der Waals surface area contributed by atoms with Crippen molar-refractivity contribution in [3.63, 3.8) is 0 Å². The summed E-state index contributed by atoms with van der Waals surface area (Å²) in [6.07, 6.45) is 1.59. The standard InChI is InChI=1S/C22H17FO4/c1-26-18-10-4-16(5-11-18)21(22(24)25)14-15-2-8-19(9-3-15)27-20-12-6-17(23)7-13-20/h2-14H,1H3,(H,24,25)/b21-14+. The van der Waals surface area contributed by atoms with E-state index < -0.39 is 5.97 Å². The van der Waals surface area contributed by atoms with Crippen LogP contribution in [0.4, 0.5) is 4.39 Å². The van der Waals surface area contributed by atoms with Gasteiger partial charge in [-0.1, -0.05) is 24.3 Å². The minimum atomic E-state index is -1.02. The number of hydrogen-bond donors (Lipinski definition) is 1. The fourth-order valence-corrected chi connectivity index (χ4v) is 2.48. The Hall–Kier alpha value is -3.60. The zero-order chi connectivity index (χ0) is 19.2. The molecule has 0 amide bonds. The number of rotatable bonds is 6. The molecule has 0 fully saturated rings. The van der Waals surface area contributed by atoms with E-state index in [-0.39, 0.29) is 11.4 Å². The van der Waals surface area contributed by atoms with E-state index in [0.717, 1.165) is 5.56 Å². The molecule has 3 aromatic carbocycles. The zero-order valence-corrected chi connectivity index (χ0v) is 14.6. The van der Waals surface area contributed by atoms with E-state index in [1.54, 1.807) is 61.7 Å². The van der Waals surface area contributed by atoms with Gasteiger partial charge in [-0.15, -0.1) is 0 Å². The van der Waals surface area contributed by atoms with Crippen molar-refractivity contribution >= 4 is 17.6 Å². The summed E-state index contributed by atoms with van der Waals surface area (Å²) in [6.45, 7) is 0. The van der Waals surface area contributed by atoms with Crippen LogP contribution in [0.5, 0.6) is 17.2 Å². The number of carboxylic acids is 1. The van der Waals surface area contributed by atoms with Crippen molar-refractivity contribution < 1.29 is 23.8 Å². The molecule has 0 bridgehead atoms. The Balaban J connectivity index is 1.81. The van der Waals surface area contributed by atoms with E-state index >= 15 is 0 Å². The maximum Gasteiger partial charge on any atom is 0.336 e. The first-order chi connectivity index (χ1) is 13.0. The van der Waals surface area contributed by atoms with Gasteiger partial charge in [0.1, 0.15) is 23.1 Å². The SMILES string of the molecule is COc1ccc(/C(=C\c2ccc(Oc3ccc(F)cc3)cc2)C(=O)O)cc1. The summed E-state index contributed by atoms with van der Waals surface area (Å²) < 4.78 is 23.7. The number of benzene rings is 3. The summed E-state index contributed by atoms with van der Waals surface area (Å²) in [4.78, 5) is 11.6. The van der Waals surface area contributed by atoms with Crippen LogP contribution in [0.25, 0.3) is 11.6 Å². The Morgan fingerprint density at radius 1 is 0.852 bits per heavy atom. The number of hydrogen-bond acceptors (Lipinski definition) is 3. The molecule has 4 nitrogen and oxygen atoms in total. The molecule has 27 heavy (non-hydrogen) atoms. The van der Waals surface area contributed by atoms with Crippen LogP contribution in [0.2, 0.25) is 0 Å². The van der Waals surface area contributed by atoms with E-state index in [1.165, 1.54) is 24.3 Å². The molecule has 3 rings (SSSR count). The number of ether oxygens (including phenoxy) is 2. The highest BCUT2D eigenvalue weighted by Gasteiger charge is 2.11. The third-order valence-electron chi connectivity index (χ3n) is 3.87. The Bertz CT molecular complexity index is 943. The first-order valence-electron chi connectivity index (χ1n) is 8.18. The van der Waals surface area contributed by atoms with Gasteiger partial charge < -0.3 is 14.6 Å². The molecular weight excluding hydrogens is 347 g/mol. The molecule has 0 unspecified atom stereocenters. The van der Waals surface area contributed by atoms with Crippen LogP contribution < -0.4 is 9.47 Å².